The molecule has 1 atom stereocenters. The summed E-state index contributed by atoms with van der Waals surface area (Å²) in [4.78, 5) is 2.11. The van der Waals surface area contributed by atoms with Crippen molar-refractivity contribution in [3.05, 3.63) is 16.9 Å². The van der Waals surface area contributed by atoms with Crippen LogP contribution in [0.2, 0.25) is 5.02 Å². The van der Waals surface area contributed by atoms with Gasteiger partial charge in [0, 0.05) is 7.05 Å². The van der Waals surface area contributed by atoms with E-state index in [0.717, 1.165) is 18.7 Å². The third kappa shape index (κ3) is 3.17. The number of hydrogen-bond donors (Lipinski definition) is 2. The molecule has 0 amide bonds. The fourth-order valence-corrected chi connectivity index (χ4v) is 1.80. The number of nitrogens with one attached hydrogen (secondary N) is 1. The molecule has 0 aliphatic carbocycles. The highest BCUT2D eigenvalue weighted by Gasteiger charge is 2.17. The molecule has 6 heteroatoms. The van der Waals surface area contributed by atoms with E-state index in [4.69, 9.17) is 17.4 Å². The number of halogens is 1. The summed E-state index contributed by atoms with van der Waals surface area (Å²) in [6.07, 6.45) is 2.53. The minimum atomic E-state index is 0.0346. The van der Waals surface area contributed by atoms with Gasteiger partial charge < -0.3 is 4.90 Å². The highest BCUT2D eigenvalue weighted by atomic mass is 35.5. The van der Waals surface area contributed by atoms with Gasteiger partial charge in [-0.15, -0.1) is 0 Å². The highest BCUT2D eigenvalue weighted by molar-refractivity contribution is 6.31. The molecule has 1 heterocycles. The van der Waals surface area contributed by atoms with Crippen LogP contribution >= 0.6 is 11.6 Å². The summed E-state index contributed by atoms with van der Waals surface area (Å²) in [5.74, 6) is 5.52. The van der Waals surface area contributed by atoms with Crippen LogP contribution in [0.3, 0.4) is 0 Å². The smallest absolute Gasteiger partial charge is 0.0834 e. The predicted molar refractivity (Wildman–Crippen MR) is 61.5 cm³/mol. The minimum Gasteiger partial charge on any atom is -0.309 e. The maximum atomic E-state index is 6.04. The van der Waals surface area contributed by atoms with Gasteiger partial charge in [-0.25, -0.2) is 0 Å². The topological polar surface area (TPSA) is 59.1 Å². The molecular weight excluding hydrogens is 214 g/mol. The molecule has 1 aromatic heterocycles. The maximum Gasteiger partial charge on any atom is 0.0834 e. The van der Waals surface area contributed by atoms with Crippen molar-refractivity contribution in [1.29, 1.82) is 0 Å². The van der Waals surface area contributed by atoms with Crippen molar-refractivity contribution in [2.75, 3.05) is 20.6 Å². The second kappa shape index (κ2) is 5.46. The van der Waals surface area contributed by atoms with Gasteiger partial charge in [0.2, 0.25) is 0 Å². The van der Waals surface area contributed by atoms with Crippen molar-refractivity contribution < 1.29 is 0 Å². The van der Waals surface area contributed by atoms with E-state index in [1.54, 1.807) is 10.9 Å². The lowest BCUT2D eigenvalue weighted by molar-refractivity contribution is 0.356. The maximum absolute atomic E-state index is 6.04. The molecule has 1 aromatic rings. The normalized spacial score (nSPS) is 13.5. The Morgan fingerprint density at radius 3 is 2.73 bits per heavy atom. The summed E-state index contributed by atoms with van der Waals surface area (Å²) in [5.41, 5.74) is 3.70. The van der Waals surface area contributed by atoms with Crippen molar-refractivity contribution in [3.8, 4) is 0 Å². The van der Waals surface area contributed by atoms with Gasteiger partial charge in [-0.05, 0) is 27.1 Å². The van der Waals surface area contributed by atoms with Crippen LogP contribution in [0.1, 0.15) is 18.2 Å². The Morgan fingerprint density at radius 2 is 2.33 bits per heavy atom. The number of hydrazine groups is 1. The third-order valence-corrected chi connectivity index (χ3v) is 2.63. The Morgan fingerprint density at radius 1 is 1.67 bits per heavy atom. The second-order valence-corrected chi connectivity index (χ2v) is 4.22. The zero-order valence-electron chi connectivity index (χ0n) is 9.37. The lowest BCUT2D eigenvalue weighted by Gasteiger charge is -2.19. The van der Waals surface area contributed by atoms with E-state index < -0.39 is 0 Å². The molecule has 5 nitrogen and oxygen atoms in total. The van der Waals surface area contributed by atoms with Crippen LogP contribution in [0.5, 0.6) is 0 Å². The van der Waals surface area contributed by atoms with Gasteiger partial charge >= 0.3 is 0 Å². The fourth-order valence-electron chi connectivity index (χ4n) is 1.50. The first-order chi connectivity index (χ1) is 7.06. The molecule has 0 spiro atoms. The Labute approximate surface area is 95.2 Å². The molecule has 0 saturated carbocycles. The molecular formula is C9H18ClN5. The number of hydrogen-bond acceptors (Lipinski definition) is 4. The number of nitrogens with zero attached hydrogens (tertiary/aromatic N) is 3. The third-order valence-electron chi connectivity index (χ3n) is 2.33. The van der Waals surface area contributed by atoms with Gasteiger partial charge in [-0.2, -0.15) is 5.10 Å². The number of nitrogens with two attached hydrogens (primary N) is 1. The minimum absolute atomic E-state index is 0.0346. The summed E-state index contributed by atoms with van der Waals surface area (Å²) < 4.78 is 1.75. The number of aryl methyl sites for hydroxylation is 1. The van der Waals surface area contributed by atoms with E-state index in [-0.39, 0.29) is 6.04 Å². The van der Waals surface area contributed by atoms with E-state index in [1.165, 1.54) is 0 Å². The van der Waals surface area contributed by atoms with E-state index in [1.807, 2.05) is 21.1 Å². The van der Waals surface area contributed by atoms with Gasteiger partial charge in [0.1, 0.15) is 0 Å². The molecule has 1 unspecified atom stereocenters. The molecule has 0 aromatic carbocycles. The summed E-state index contributed by atoms with van der Waals surface area (Å²) in [6.45, 7) is 0.941. The van der Waals surface area contributed by atoms with Gasteiger partial charge in [0.05, 0.1) is 23.0 Å². The van der Waals surface area contributed by atoms with E-state index in [2.05, 4.69) is 15.4 Å². The van der Waals surface area contributed by atoms with E-state index >= 15 is 0 Å². The van der Waals surface area contributed by atoms with Crippen LogP contribution in [0.4, 0.5) is 0 Å². The molecule has 0 aliphatic heterocycles. The Bertz CT molecular complexity index is 290. The molecule has 1 rings (SSSR count). The molecule has 86 valence electrons. The first-order valence-electron chi connectivity index (χ1n) is 4.84. The Hall–Kier alpha value is -0.620. The predicted octanol–water partition coefficient (Wildman–Crippen LogP) is 0.530. The van der Waals surface area contributed by atoms with Gasteiger partial charge in [0.25, 0.3) is 0 Å². The lowest BCUT2D eigenvalue weighted by Crippen LogP contribution is -2.32. The van der Waals surface area contributed by atoms with Crippen molar-refractivity contribution in [3.63, 3.8) is 0 Å². The number of rotatable bonds is 5. The van der Waals surface area contributed by atoms with E-state index in [0.29, 0.717) is 5.02 Å². The average Bonchev–Trinajstić information content (AvgIpc) is 2.49. The van der Waals surface area contributed by atoms with Crippen LogP contribution in [-0.2, 0) is 7.05 Å². The molecule has 0 saturated heterocycles. The fraction of sp³-hybridized carbons (Fsp3) is 0.667. The number of aromatic nitrogens is 2. The largest absolute Gasteiger partial charge is 0.309 e. The van der Waals surface area contributed by atoms with Crippen LogP contribution < -0.4 is 11.3 Å². The van der Waals surface area contributed by atoms with Crippen LogP contribution in [-0.4, -0.2) is 35.3 Å². The quantitative estimate of drug-likeness (QED) is 0.574. The first-order valence-corrected chi connectivity index (χ1v) is 5.22. The molecule has 15 heavy (non-hydrogen) atoms. The standard InChI is InChI=1S/C9H18ClN5/c1-14(2)5-4-8(13-11)9-7(10)6-12-15(9)3/h6,8,13H,4-5,11H2,1-3H3. The molecule has 0 fully saturated rings. The zero-order chi connectivity index (χ0) is 11.4. The Balaban J connectivity index is 2.74. The summed E-state index contributed by atoms with van der Waals surface area (Å²) in [7, 11) is 5.91. The van der Waals surface area contributed by atoms with Crippen LogP contribution in [0.15, 0.2) is 6.20 Å². The van der Waals surface area contributed by atoms with Gasteiger partial charge in [-0.1, -0.05) is 11.6 Å². The summed E-state index contributed by atoms with van der Waals surface area (Å²) >= 11 is 6.04. The summed E-state index contributed by atoms with van der Waals surface area (Å²) in [6, 6.07) is 0.0346. The van der Waals surface area contributed by atoms with Crippen LogP contribution in [0, 0.1) is 0 Å². The second-order valence-electron chi connectivity index (χ2n) is 3.81. The van der Waals surface area contributed by atoms with Crippen molar-refractivity contribution in [1.82, 2.24) is 20.1 Å². The lowest BCUT2D eigenvalue weighted by atomic mass is 10.1. The molecule has 0 bridgehead atoms. The summed E-state index contributed by atoms with van der Waals surface area (Å²) in [5, 5.41) is 4.74. The average molecular weight is 232 g/mol. The highest BCUT2D eigenvalue weighted by Crippen LogP contribution is 2.23. The molecule has 0 aliphatic rings. The van der Waals surface area contributed by atoms with Crippen LogP contribution in [0.25, 0.3) is 0 Å². The van der Waals surface area contributed by atoms with Gasteiger partial charge in [-0.3, -0.25) is 16.0 Å². The van der Waals surface area contributed by atoms with E-state index in [9.17, 15) is 0 Å². The molecule has 3 N–H and O–H groups in total. The first kappa shape index (κ1) is 12.4. The van der Waals surface area contributed by atoms with Crippen molar-refractivity contribution in [2.24, 2.45) is 12.9 Å². The monoisotopic (exact) mass is 231 g/mol. The van der Waals surface area contributed by atoms with Crippen molar-refractivity contribution >= 4 is 11.6 Å². The molecule has 0 radical (unpaired) electrons. The van der Waals surface area contributed by atoms with Crippen molar-refractivity contribution in [2.45, 2.75) is 12.5 Å². The Kier molecular flexibility index (Phi) is 4.53. The zero-order valence-corrected chi connectivity index (χ0v) is 10.1. The SMILES string of the molecule is CN(C)CCC(NN)c1c(Cl)cnn1C. The van der Waals surface area contributed by atoms with Gasteiger partial charge in [0.15, 0.2) is 0 Å².